The number of phenols is 2. The van der Waals surface area contributed by atoms with Crippen molar-refractivity contribution < 1.29 is 10.2 Å². The zero-order valence-corrected chi connectivity index (χ0v) is 19.6. The van der Waals surface area contributed by atoms with Crippen LogP contribution in [0.3, 0.4) is 0 Å². The third-order valence-electron chi connectivity index (χ3n) is 5.66. The van der Waals surface area contributed by atoms with Crippen LogP contribution in [0.25, 0.3) is 28.0 Å². The largest absolute Gasteiger partial charge is 0.508 e. The quantitative estimate of drug-likeness (QED) is 0.356. The van der Waals surface area contributed by atoms with E-state index in [1.54, 1.807) is 6.07 Å². The second-order valence-corrected chi connectivity index (χ2v) is 9.68. The number of benzene rings is 2. The van der Waals surface area contributed by atoms with E-state index in [9.17, 15) is 10.2 Å². The fraction of sp³-hybridized carbons (Fsp3) is 0.333. The summed E-state index contributed by atoms with van der Waals surface area (Å²) in [4.78, 5) is 0. The molecule has 4 aromatic rings. The lowest BCUT2D eigenvalue weighted by Gasteiger charge is -2.22. The number of hydrogen-bond donors (Lipinski definition) is 3. The Balaban J connectivity index is 2.01. The molecule has 4 rings (SSSR count). The van der Waals surface area contributed by atoms with Gasteiger partial charge in [0.05, 0.1) is 16.8 Å². The Morgan fingerprint density at radius 3 is 2.35 bits per heavy atom. The number of thiol groups is 1. The Labute approximate surface area is 187 Å². The molecule has 2 aromatic heterocycles. The first kappa shape index (κ1) is 21.3. The van der Waals surface area contributed by atoms with Gasteiger partial charge in [-0.25, -0.2) is 0 Å². The third kappa shape index (κ3) is 3.47. The van der Waals surface area contributed by atoms with Gasteiger partial charge in [0.1, 0.15) is 11.5 Å². The van der Waals surface area contributed by atoms with Crippen molar-refractivity contribution >= 4 is 23.5 Å². The highest BCUT2D eigenvalue weighted by atomic mass is 32.1. The molecule has 0 saturated carbocycles. The highest BCUT2D eigenvalue weighted by Crippen LogP contribution is 2.41. The van der Waals surface area contributed by atoms with E-state index in [1.165, 1.54) is 11.6 Å². The summed E-state index contributed by atoms with van der Waals surface area (Å²) in [5.41, 5.74) is 4.10. The number of nitrogens with zero attached hydrogens (tertiary/aromatic N) is 4. The van der Waals surface area contributed by atoms with Crippen molar-refractivity contribution in [3.8, 4) is 28.6 Å². The van der Waals surface area contributed by atoms with E-state index in [4.69, 9.17) is 0 Å². The van der Waals surface area contributed by atoms with E-state index < -0.39 is 0 Å². The van der Waals surface area contributed by atoms with Gasteiger partial charge >= 0.3 is 0 Å². The van der Waals surface area contributed by atoms with Crippen molar-refractivity contribution in [2.75, 3.05) is 0 Å². The lowest BCUT2D eigenvalue weighted by Crippen LogP contribution is -2.12. The molecule has 0 atom stereocenters. The molecule has 0 bridgehead atoms. The van der Waals surface area contributed by atoms with Crippen LogP contribution in [0.5, 0.6) is 11.5 Å². The molecule has 2 N–H and O–H groups in total. The molecule has 0 radical (unpaired) electrons. The predicted octanol–water partition coefficient (Wildman–Crippen LogP) is 5.78. The van der Waals surface area contributed by atoms with Gasteiger partial charge < -0.3 is 14.8 Å². The Hall–Kier alpha value is -2.93. The summed E-state index contributed by atoms with van der Waals surface area (Å²) < 4.78 is 4.08. The van der Waals surface area contributed by atoms with Gasteiger partial charge in [0.15, 0.2) is 11.0 Å². The van der Waals surface area contributed by atoms with E-state index in [0.29, 0.717) is 22.6 Å². The van der Waals surface area contributed by atoms with Gasteiger partial charge in [-0.2, -0.15) is 0 Å². The van der Waals surface area contributed by atoms with Gasteiger partial charge in [0.2, 0.25) is 0 Å². The fourth-order valence-electron chi connectivity index (χ4n) is 4.10. The van der Waals surface area contributed by atoms with Crippen LogP contribution in [0.15, 0.2) is 41.7 Å². The van der Waals surface area contributed by atoms with Crippen molar-refractivity contribution in [2.24, 2.45) is 0 Å². The molecular weight excluding hydrogens is 408 g/mol. The Morgan fingerprint density at radius 2 is 1.71 bits per heavy atom. The molecule has 0 aliphatic carbocycles. The average molecular weight is 437 g/mol. The highest BCUT2D eigenvalue weighted by molar-refractivity contribution is 7.80. The van der Waals surface area contributed by atoms with Crippen LogP contribution in [0.2, 0.25) is 0 Å². The monoisotopic (exact) mass is 436 g/mol. The molecule has 6 nitrogen and oxygen atoms in total. The van der Waals surface area contributed by atoms with Crippen LogP contribution in [0, 0.1) is 6.92 Å². The second kappa shape index (κ2) is 7.34. The first-order chi connectivity index (χ1) is 14.5. The fourth-order valence-corrected chi connectivity index (χ4v) is 4.34. The van der Waals surface area contributed by atoms with E-state index in [1.807, 2.05) is 31.4 Å². The minimum absolute atomic E-state index is 0.0534. The van der Waals surface area contributed by atoms with Gasteiger partial charge in [0.25, 0.3) is 0 Å². The maximum atomic E-state index is 10.7. The first-order valence-electron chi connectivity index (χ1n) is 10.3. The zero-order valence-electron chi connectivity index (χ0n) is 18.7. The van der Waals surface area contributed by atoms with Gasteiger partial charge in [-0.15, -0.1) is 22.8 Å². The van der Waals surface area contributed by atoms with Crippen molar-refractivity contribution in [3.05, 3.63) is 47.7 Å². The lowest BCUT2D eigenvalue weighted by atomic mass is 9.85. The summed E-state index contributed by atoms with van der Waals surface area (Å²) in [6.07, 6.45) is 2.09. The molecule has 0 aliphatic rings. The van der Waals surface area contributed by atoms with E-state index in [0.717, 1.165) is 22.2 Å². The zero-order chi connectivity index (χ0) is 22.7. The van der Waals surface area contributed by atoms with E-state index >= 15 is 0 Å². The number of rotatable bonds is 3. The summed E-state index contributed by atoms with van der Waals surface area (Å²) in [5, 5.41) is 31.1. The Morgan fingerprint density at radius 1 is 1.00 bits per heavy atom. The number of aromatic hydroxyl groups is 2. The van der Waals surface area contributed by atoms with Crippen LogP contribution in [-0.4, -0.2) is 29.5 Å². The molecule has 0 aliphatic heterocycles. The maximum Gasteiger partial charge on any atom is 0.193 e. The molecule has 0 amide bonds. The van der Waals surface area contributed by atoms with Gasteiger partial charge in [-0.05, 0) is 49.9 Å². The molecule has 0 spiro atoms. The summed E-state index contributed by atoms with van der Waals surface area (Å²) >= 11 is 4.57. The van der Waals surface area contributed by atoms with Crippen molar-refractivity contribution in [1.29, 1.82) is 0 Å². The molecule has 162 valence electrons. The Kier molecular flexibility index (Phi) is 5.04. The van der Waals surface area contributed by atoms with Crippen LogP contribution in [0.4, 0.5) is 0 Å². The number of hydrogen-bond acceptors (Lipinski definition) is 5. The van der Waals surface area contributed by atoms with Crippen LogP contribution in [0.1, 0.15) is 51.8 Å². The molecule has 2 aromatic carbocycles. The van der Waals surface area contributed by atoms with Crippen LogP contribution in [-0.2, 0) is 5.41 Å². The minimum Gasteiger partial charge on any atom is -0.508 e. The molecular formula is C24H28N4O2S. The molecule has 7 heteroatoms. The van der Waals surface area contributed by atoms with Gasteiger partial charge in [-0.1, -0.05) is 26.8 Å². The topological polar surface area (TPSA) is 76.1 Å². The van der Waals surface area contributed by atoms with Crippen LogP contribution < -0.4 is 0 Å². The predicted molar refractivity (Wildman–Crippen MR) is 127 cm³/mol. The standard InChI is InChI=1S/C24H28N4O2S/c1-13(2)27-10-9-15-18(8-7-14(3)21(15)27)28-22(25-26-23(28)31)16-11-17(24(4,5)6)20(30)12-19(16)29/h7-13,29-30H,1-6H3,(H,26,31). The first-order valence-corrected chi connectivity index (χ1v) is 10.8. The molecule has 2 heterocycles. The Bertz CT molecular complexity index is 1300. The average Bonchev–Trinajstić information content (AvgIpc) is 3.26. The van der Waals surface area contributed by atoms with E-state index in [2.05, 4.69) is 66.5 Å². The summed E-state index contributed by atoms with van der Waals surface area (Å²) in [7, 11) is 0. The van der Waals surface area contributed by atoms with Crippen LogP contribution >= 0.6 is 12.6 Å². The lowest BCUT2D eigenvalue weighted by molar-refractivity contribution is 0.432. The number of phenolic OH excluding ortho intramolecular Hbond substituents is 2. The third-order valence-corrected chi connectivity index (χ3v) is 5.95. The minimum atomic E-state index is -0.313. The van der Waals surface area contributed by atoms with E-state index in [-0.39, 0.29) is 16.9 Å². The summed E-state index contributed by atoms with van der Waals surface area (Å²) in [6.45, 7) is 12.4. The highest BCUT2D eigenvalue weighted by Gasteiger charge is 2.25. The normalized spacial score (nSPS) is 12.3. The van der Waals surface area contributed by atoms with Crippen molar-refractivity contribution in [1.82, 2.24) is 19.3 Å². The molecule has 31 heavy (non-hydrogen) atoms. The smallest absolute Gasteiger partial charge is 0.193 e. The van der Waals surface area contributed by atoms with Crippen molar-refractivity contribution in [2.45, 2.75) is 58.2 Å². The number of aromatic nitrogens is 4. The number of aryl methyl sites for hydroxylation is 1. The molecule has 0 saturated heterocycles. The SMILES string of the molecule is Cc1ccc(-n2c(S)nnc2-c2cc(C(C)(C)C)c(O)cc2O)c2ccn(C(C)C)c12. The van der Waals surface area contributed by atoms with Gasteiger partial charge in [0, 0.05) is 29.3 Å². The van der Waals surface area contributed by atoms with Gasteiger partial charge in [-0.3, -0.25) is 4.57 Å². The summed E-state index contributed by atoms with van der Waals surface area (Å²) in [5.74, 6) is 0.462. The molecule has 0 unspecified atom stereocenters. The second-order valence-electron chi connectivity index (χ2n) is 9.28. The molecule has 0 fully saturated rings. The summed E-state index contributed by atoms with van der Waals surface area (Å²) in [6, 6.07) is 9.65. The maximum absolute atomic E-state index is 10.7. The van der Waals surface area contributed by atoms with Crippen molar-refractivity contribution in [3.63, 3.8) is 0 Å². The number of fused-ring (bicyclic) bond motifs is 1.